The van der Waals surface area contributed by atoms with Gasteiger partial charge < -0.3 is 5.32 Å². The second-order valence-electron chi connectivity index (χ2n) is 5.50. The van der Waals surface area contributed by atoms with Gasteiger partial charge in [-0.1, -0.05) is 30.3 Å². The Morgan fingerprint density at radius 1 is 1.05 bits per heavy atom. The average molecular weight is 251 g/mol. The van der Waals surface area contributed by atoms with E-state index in [1.165, 1.54) is 16.8 Å². The molecule has 2 aliphatic rings. The zero-order valence-electron chi connectivity index (χ0n) is 10.9. The zero-order valence-corrected chi connectivity index (χ0v) is 10.9. The summed E-state index contributed by atoms with van der Waals surface area (Å²) in [5.74, 6) is 1.01. The van der Waals surface area contributed by atoms with Crippen LogP contribution in [0.25, 0.3) is 0 Å². The summed E-state index contributed by atoms with van der Waals surface area (Å²) in [5, 5.41) is 7.23. The maximum absolute atomic E-state index is 4.21. The minimum Gasteiger partial charge on any atom is -0.368 e. The normalized spacial score (nSPS) is 31.6. The van der Waals surface area contributed by atoms with Crippen LogP contribution >= 0.6 is 0 Å². The van der Waals surface area contributed by atoms with Crippen LogP contribution in [0.3, 0.4) is 0 Å². The number of hydrogen-bond donors (Lipinski definition) is 2. The largest absolute Gasteiger partial charge is 0.368 e. The van der Waals surface area contributed by atoms with Crippen molar-refractivity contribution in [2.75, 3.05) is 5.32 Å². The van der Waals surface area contributed by atoms with Gasteiger partial charge in [-0.15, -0.1) is 0 Å². The fourth-order valence-electron chi connectivity index (χ4n) is 3.67. The fourth-order valence-corrected chi connectivity index (χ4v) is 3.67. The molecule has 4 unspecified atom stereocenters. The maximum Gasteiger partial charge on any atom is 0.0848 e. The molecule has 3 heteroatoms. The number of aromatic nitrogens is 1. The molecule has 0 radical (unpaired) electrons. The number of nitrogens with one attached hydrogen (secondary N) is 2. The van der Waals surface area contributed by atoms with Crippen molar-refractivity contribution in [3.8, 4) is 0 Å². The fraction of sp³-hybridized carbons (Fsp3) is 0.312. The van der Waals surface area contributed by atoms with Crippen molar-refractivity contribution < 1.29 is 0 Å². The molecule has 2 aliphatic heterocycles. The van der Waals surface area contributed by atoms with Crippen molar-refractivity contribution in [3.05, 3.63) is 59.9 Å². The van der Waals surface area contributed by atoms with Gasteiger partial charge in [-0.3, -0.25) is 10.3 Å². The van der Waals surface area contributed by atoms with Gasteiger partial charge in [-0.25, -0.2) is 0 Å². The lowest BCUT2D eigenvalue weighted by molar-refractivity contribution is 0.568. The van der Waals surface area contributed by atoms with E-state index >= 15 is 0 Å². The molecular weight excluding hydrogens is 234 g/mol. The summed E-state index contributed by atoms with van der Waals surface area (Å²) in [5.41, 5.74) is 3.99. The van der Waals surface area contributed by atoms with Gasteiger partial charge in [0, 0.05) is 24.1 Å². The van der Waals surface area contributed by atoms with Gasteiger partial charge in [-0.2, -0.15) is 0 Å². The standard InChI is InChI=1S/C16H17N3/c1-10-14(11-5-3-2-4-6-11)15-12-7-8-17-9-13(12)19-16(15)18-10/h2-10,14-16,18-19H,1H3. The quantitative estimate of drug-likeness (QED) is 0.818. The van der Waals surface area contributed by atoms with Crippen LogP contribution < -0.4 is 10.6 Å². The Balaban J connectivity index is 1.80. The first-order chi connectivity index (χ1) is 9.34. The van der Waals surface area contributed by atoms with Crippen LogP contribution in [-0.2, 0) is 0 Å². The van der Waals surface area contributed by atoms with E-state index in [4.69, 9.17) is 0 Å². The van der Waals surface area contributed by atoms with Gasteiger partial charge in [0.25, 0.3) is 0 Å². The van der Waals surface area contributed by atoms with Crippen LogP contribution in [0.15, 0.2) is 48.8 Å². The molecule has 0 spiro atoms. The smallest absolute Gasteiger partial charge is 0.0848 e. The van der Waals surface area contributed by atoms with Crippen LogP contribution in [0.2, 0.25) is 0 Å². The Kier molecular flexibility index (Phi) is 2.35. The van der Waals surface area contributed by atoms with E-state index in [9.17, 15) is 0 Å². The van der Waals surface area contributed by atoms with Gasteiger partial charge in [0.1, 0.15) is 0 Å². The van der Waals surface area contributed by atoms with Crippen molar-refractivity contribution in [1.82, 2.24) is 10.3 Å². The first-order valence-electron chi connectivity index (χ1n) is 6.86. The van der Waals surface area contributed by atoms with Crippen molar-refractivity contribution in [3.63, 3.8) is 0 Å². The van der Waals surface area contributed by atoms with Crippen LogP contribution in [0, 0.1) is 0 Å². The average Bonchev–Trinajstić information content (AvgIpc) is 2.94. The zero-order chi connectivity index (χ0) is 12.8. The predicted octanol–water partition coefficient (Wildman–Crippen LogP) is 2.69. The first kappa shape index (κ1) is 11.0. The highest BCUT2D eigenvalue weighted by molar-refractivity contribution is 5.60. The lowest BCUT2D eigenvalue weighted by Crippen LogP contribution is -2.33. The van der Waals surface area contributed by atoms with Gasteiger partial charge >= 0.3 is 0 Å². The number of anilines is 1. The summed E-state index contributed by atoms with van der Waals surface area (Å²) in [6.07, 6.45) is 4.16. The highest BCUT2D eigenvalue weighted by Gasteiger charge is 2.46. The number of rotatable bonds is 1. The Hall–Kier alpha value is -1.87. The van der Waals surface area contributed by atoms with Crippen LogP contribution in [0.5, 0.6) is 0 Å². The molecule has 0 amide bonds. The Morgan fingerprint density at radius 3 is 2.74 bits per heavy atom. The van der Waals surface area contributed by atoms with Gasteiger partial charge in [0.2, 0.25) is 0 Å². The monoisotopic (exact) mass is 251 g/mol. The van der Waals surface area contributed by atoms with Crippen molar-refractivity contribution >= 4 is 5.69 Å². The number of hydrogen-bond acceptors (Lipinski definition) is 3. The van der Waals surface area contributed by atoms with E-state index in [2.05, 4.69) is 58.9 Å². The van der Waals surface area contributed by atoms with E-state index in [0.29, 0.717) is 24.0 Å². The third-order valence-corrected chi connectivity index (χ3v) is 4.44. The van der Waals surface area contributed by atoms with E-state index in [1.54, 1.807) is 0 Å². The van der Waals surface area contributed by atoms with E-state index in [-0.39, 0.29) is 0 Å². The lowest BCUT2D eigenvalue weighted by Gasteiger charge is -2.21. The Morgan fingerprint density at radius 2 is 1.89 bits per heavy atom. The number of nitrogens with zero attached hydrogens (tertiary/aromatic N) is 1. The van der Waals surface area contributed by atoms with E-state index < -0.39 is 0 Å². The summed E-state index contributed by atoms with van der Waals surface area (Å²) in [6, 6.07) is 13.5. The molecule has 0 bridgehead atoms. The van der Waals surface area contributed by atoms with Crippen molar-refractivity contribution in [2.45, 2.75) is 31.0 Å². The van der Waals surface area contributed by atoms with Crippen LogP contribution in [0.1, 0.15) is 29.9 Å². The molecule has 2 aromatic rings. The molecule has 1 saturated heterocycles. The summed E-state index contributed by atoms with van der Waals surface area (Å²) < 4.78 is 0. The molecule has 1 fully saturated rings. The second kappa shape index (κ2) is 4.07. The number of pyridine rings is 1. The number of benzene rings is 1. The summed E-state index contributed by atoms with van der Waals surface area (Å²) in [4.78, 5) is 4.21. The van der Waals surface area contributed by atoms with Gasteiger partial charge in [0.15, 0.2) is 0 Å². The SMILES string of the molecule is CC1NC2Nc3cnccc3C2C1c1ccccc1. The lowest BCUT2D eigenvalue weighted by atomic mass is 9.81. The third kappa shape index (κ3) is 1.58. The van der Waals surface area contributed by atoms with Gasteiger partial charge in [-0.05, 0) is 24.1 Å². The van der Waals surface area contributed by atoms with Crippen LogP contribution in [-0.4, -0.2) is 17.2 Å². The molecule has 96 valence electrons. The highest BCUT2D eigenvalue weighted by atomic mass is 15.2. The van der Waals surface area contributed by atoms with E-state index in [0.717, 1.165) is 0 Å². The molecule has 4 rings (SSSR count). The van der Waals surface area contributed by atoms with Crippen LogP contribution in [0.4, 0.5) is 5.69 Å². The first-order valence-corrected chi connectivity index (χ1v) is 6.86. The van der Waals surface area contributed by atoms with E-state index in [1.807, 2.05) is 12.4 Å². The van der Waals surface area contributed by atoms with Crippen molar-refractivity contribution in [1.29, 1.82) is 0 Å². The molecule has 0 saturated carbocycles. The van der Waals surface area contributed by atoms with Gasteiger partial charge in [0.05, 0.1) is 18.1 Å². The summed E-state index contributed by atoms with van der Waals surface area (Å²) in [7, 11) is 0. The highest BCUT2D eigenvalue weighted by Crippen LogP contribution is 2.48. The minimum absolute atomic E-state index is 0.333. The molecule has 4 atom stereocenters. The molecule has 1 aromatic heterocycles. The predicted molar refractivity (Wildman–Crippen MR) is 76.2 cm³/mol. The molecule has 3 nitrogen and oxygen atoms in total. The Labute approximate surface area is 113 Å². The minimum atomic E-state index is 0.333. The Bertz CT molecular complexity index is 596. The molecular formula is C16H17N3. The molecule has 3 heterocycles. The number of fused-ring (bicyclic) bond motifs is 3. The third-order valence-electron chi connectivity index (χ3n) is 4.44. The summed E-state index contributed by atoms with van der Waals surface area (Å²) in [6.45, 7) is 2.28. The second-order valence-corrected chi connectivity index (χ2v) is 5.50. The summed E-state index contributed by atoms with van der Waals surface area (Å²) >= 11 is 0. The molecule has 1 aromatic carbocycles. The molecule has 19 heavy (non-hydrogen) atoms. The molecule has 2 N–H and O–H groups in total. The van der Waals surface area contributed by atoms with Crippen molar-refractivity contribution in [2.24, 2.45) is 0 Å². The maximum atomic E-state index is 4.21. The topological polar surface area (TPSA) is 37.0 Å². The molecule has 0 aliphatic carbocycles.